The number of likely N-dealkylation sites (N-methyl/N-ethyl adjacent to an activating group) is 1. The maximum absolute atomic E-state index is 14.5. The molecule has 1 fully saturated rings. The van der Waals surface area contributed by atoms with Crippen LogP contribution in [0.25, 0.3) is 0 Å². The number of nitrogens with one attached hydrogen (secondary N) is 2. The number of methoxy groups -OCH3 is 3. The Kier molecular flexibility index (Phi) is 21.5. The first-order chi connectivity index (χ1) is 30.7. The lowest BCUT2D eigenvalue weighted by atomic mass is 9.82. The minimum absolute atomic E-state index is 0.0474. The normalized spacial score (nSPS) is 18.4. The van der Waals surface area contributed by atoms with Crippen LogP contribution in [0.4, 0.5) is 0 Å². The molecule has 6 amide bonds. The van der Waals surface area contributed by atoms with E-state index < -0.39 is 59.6 Å². The number of rotatable bonds is 27. The van der Waals surface area contributed by atoms with E-state index in [1.807, 2.05) is 58.0 Å². The van der Waals surface area contributed by atoms with Gasteiger partial charge in [0.05, 0.1) is 49.3 Å². The van der Waals surface area contributed by atoms with Crippen molar-refractivity contribution in [3.05, 3.63) is 48.0 Å². The maximum atomic E-state index is 14.5. The molecule has 16 heteroatoms. The Morgan fingerprint density at radius 1 is 0.892 bits per heavy atom. The fourth-order valence-electron chi connectivity index (χ4n) is 8.98. The van der Waals surface area contributed by atoms with Gasteiger partial charge in [-0.2, -0.15) is 0 Å². The van der Waals surface area contributed by atoms with Crippen molar-refractivity contribution >= 4 is 47.2 Å². The van der Waals surface area contributed by atoms with Gasteiger partial charge in [-0.05, 0) is 56.9 Å². The first kappa shape index (κ1) is 54.4. The zero-order valence-corrected chi connectivity index (χ0v) is 40.6. The number of nitrogens with zero attached hydrogens (tertiary/aromatic N) is 3. The van der Waals surface area contributed by atoms with Crippen LogP contribution >= 0.6 is 0 Å². The summed E-state index contributed by atoms with van der Waals surface area (Å²) < 4.78 is 17.0. The third kappa shape index (κ3) is 15.0. The Bertz CT molecular complexity index is 1820. The van der Waals surface area contributed by atoms with E-state index in [0.29, 0.717) is 45.1 Å². The fourth-order valence-corrected chi connectivity index (χ4v) is 8.98. The third-order valence-electron chi connectivity index (χ3n) is 13.2. The van der Waals surface area contributed by atoms with Crippen LogP contribution in [0.15, 0.2) is 42.5 Å². The number of carbonyl (C=O) groups excluding carboxylic acids is 8. The molecule has 1 aromatic rings. The van der Waals surface area contributed by atoms with Crippen LogP contribution in [0.1, 0.15) is 112 Å². The molecule has 1 saturated heterocycles. The molecule has 3 rings (SSSR count). The van der Waals surface area contributed by atoms with Gasteiger partial charge in [0.2, 0.25) is 23.6 Å². The average Bonchev–Trinajstić information content (AvgIpc) is 3.89. The number of hydrogen-bond donors (Lipinski definition) is 2. The van der Waals surface area contributed by atoms with Crippen molar-refractivity contribution in [1.82, 2.24) is 25.3 Å². The second-order valence-corrected chi connectivity index (χ2v) is 18.5. The number of ether oxygens (including phenoxy) is 3. The predicted octanol–water partition coefficient (Wildman–Crippen LogP) is 4.42. The van der Waals surface area contributed by atoms with E-state index in [0.717, 1.165) is 5.56 Å². The Hall–Kier alpha value is -4.96. The highest BCUT2D eigenvalue weighted by Crippen LogP contribution is 2.31. The van der Waals surface area contributed by atoms with Crippen LogP contribution in [0.2, 0.25) is 0 Å². The number of hydrogen-bond acceptors (Lipinski definition) is 11. The van der Waals surface area contributed by atoms with E-state index in [1.165, 1.54) is 38.4 Å². The SMILES string of the molecule is CC[C@H](C)[C@@H]([C@@H](CC(=O)N1CCC[C@H]1[C@H](OC)[C@@H](C)C(=O)N[C@@H](Cc1ccccc1)C(=O)OC)OC)N(C)C(=O)[C@@H](CC(=O)C(C)(C)NC(=O)CCCCCN1C(=O)C=CC1=O)C(C)C. The van der Waals surface area contributed by atoms with Gasteiger partial charge in [-0.15, -0.1) is 0 Å². The first-order valence-corrected chi connectivity index (χ1v) is 23.1. The van der Waals surface area contributed by atoms with Crippen LogP contribution < -0.4 is 10.6 Å². The lowest BCUT2D eigenvalue weighted by Crippen LogP contribution is -2.55. The molecular formula is C49H75N5O11. The van der Waals surface area contributed by atoms with Crippen LogP contribution in [0.5, 0.6) is 0 Å². The van der Waals surface area contributed by atoms with Crippen LogP contribution in [0, 0.1) is 23.7 Å². The smallest absolute Gasteiger partial charge is 0.328 e. The summed E-state index contributed by atoms with van der Waals surface area (Å²) in [5.41, 5.74) is -0.398. The lowest BCUT2D eigenvalue weighted by molar-refractivity contribution is -0.150. The van der Waals surface area contributed by atoms with E-state index in [4.69, 9.17) is 14.2 Å². The van der Waals surface area contributed by atoms with Crippen molar-refractivity contribution in [2.45, 2.75) is 149 Å². The standard InChI is InChI=1S/C49H75N5O11/c1-12-32(4)44(52(8)47(61)35(31(2)3)29-39(55)49(6,7)51-40(56)23-17-14-18-26-54-41(57)24-25-42(54)58)38(63-9)30-43(59)53-27-19-22-37(53)45(64-10)33(5)46(60)50-36(48(62)65-11)28-34-20-15-13-16-21-34/h13,15-16,20-21,24-25,31-33,35-38,44-45H,12,14,17-19,22-23,26-30H2,1-11H3,(H,50,60)(H,51,56)/t32-,33+,35-,36-,37-,38+,44-,45+/m0/s1. The van der Waals surface area contributed by atoms with Crippen LogP contribution in [0.3, 0.4) is 0 Å². The second-order valence-electron chi connectivity index (χ2n) is 18.5. The van der Waals surface area contributed by atoms with Gasteiger partial charge in [0.25, 0.3) is 11.8 Å². The number of Topliss-reactive ketones (excluding diaryl/α,β-unsaturated/α-hetero) is 1. The highest BCUT2D eigenvalue weighted by Gasteiger charge is 2.44. The van der Waals surface area contributed by atoms with E-state index in [9.17, 15) is 38.4 Å². The van der Waals surface area contributed by atoms with Gasteiger partial charge < -0.3 is 34.6 Å². The molecular weight excluding hydrogens is 835 g/mol. The summed E-state index contributed by atoms with van der Waals surface area (Å²) >= 11 is 0. The molecule has 2 heterocycles. The fraction of sp³-hybridized carbons (Fsp3) is 0.673. The minimum atomic E-state index is -1.25. The molecule has 0 radical (unpaired) electrons. The monoisotopic (exact) mass is 910 g/mol. The number of likely N-dealkylation sites (tertiary alicyclic amines) is 1. The summed E-state index contributed by atoms with van der Waals surface area (Å²) in [5.74, 6) is -4.53. The van der Waals surface area contributed by atoms with Gasteiger partial charge in [0.1, 0.15) is 6.04 Å². The number of esters is 1. The van der Waals surface area contributed by atoms with Gasteiger partial charge >= 0.3 is 5.97 Å². The molecule has 0 spiro atoms. The van der Waals surface area contributed by atoms with Crippen molar-refractivity contribution in [1.29, 1.82) is 0 Å². The van der Waals surface area contributed by atoms with Gasteiger partial charge in [-0.3, -0.25) is 38.5 Å². The minimum Gasteiger partial charge on any atom is -0.467 e. The molecule has 0 aromatic heterocycles. The van der Waals surface area contributed by atoms with Gasteiger partial charge in [0, 0.05) is 71.7 Å². The number of unbranched alkanes of at least 4 members (excludes halogenated alkanes) is 2. The number of ketones is 1. The summed E-state index contributed by atoms with van der Waals surface area (Å²) in [5, 5.41) is 5.69. The van der Waals surface area contributed by atoms with Crippen LogP contribution in [-0.2, 0) is 59.0 Å². The molecule has 65 heavy (non-hydrogen) atoms. The molecule has 0 aliphatic carbocycles. The highest BCUT2D eigenvalue weighted by atomic mass is 16.5. The molecule has 2 aliphatic heterocycles. The van der Waals surface area contributed by atoms with Crippen LogP contribution in [-0.4, -0.2) is 139 Å². The van der Waals surface area contributed by atoms with E-state index in [2.05, 4.69) is 10.6 Å². The largest absolute Gasteiger partial charge is 0.467 e. The zero-order valence-electron chi connectivity index (χ0n) is 40.6. The third-order valence-corrected chi connectivity index (χ3v) is 13.2. The molecule has 2 N–H and O–H groups in total. The van der Waals surface area contributed by atoms with E-state index in [-0.39, 0.29) is 79.4 Å². The second kappa shape index (κ2) is 25.7. The Morgan fingerprint density at radius 2 is 1.54 bits per heavy atom. The maximum Gasteiger partial charge on any atom is 0.328 e. The van der Waals surface area contributed by atoms with E-state index >= 15 is 0 Å². The number of carbonyl (C=O) groups is 8. The number of amides is 6. The summed E-state index contributed by atoms with van der Waals surface area (Å²) in [7, 11) is 5.99. The summed E-state index contributed by atoms with van der Waals surface area (Å²) in [4.78, 5) is 110. The molecule has 8 atom stereocenters. The highest BCUT2D eigenvalue weighted by molar-refractivity contribution is 6.12. The molecule has 362 valence electrons. The van der Waals surface area contributed by atoms with Crippen molar-refractivity contribution in [3.8, 4) is 0 Å². The quantitative estimate of drug-likeness (QED) is 0.0720. The summed E-state index contributed by atoms with van der Waals surface area (Å²) in [6.07, 6.45) is 4.97. The van der Waals surface area contributed by atoms with Gasteiger partial charge in [0.15, 0.2) is 5.78 Å². The average molecular weight is 910 g/mol. The molecule has 2 aliphatic rings. The van der Waals surface area contributed by atoms with Crippen molar-refractivity contribution in [2.24, 2.45) is 23.7 Å². The Morgan fingerprint density at radius 3 is 2.11 bits per heavy atom. The molecule has 0 unspecified atom stereocenters. The van der Waals surface area contributed by atoms with E-state index in [1.54, 1.807) is 37.6 Å². The topological polar surface area (TPSA) is 198 Å². The Labute approximate surface area is 385 Å². The lowest BCUT2D eigenvalue weighted by Gasteiger charge is -2.41. The number of imide groups is 1. The molecule has 0 saturated carbocycles. The van der Waals surface area contributed by atoms with Gasteiger partial charge in [-0.1, -0.05) is 77.8 Å². The Balaban J connectivity index is 1.68. The zero-order chi connectivity index (χ0) is 48.6. The number of benzene rings is 1. The summed E-state index contributed by atoms with van der Waals surface area (Å²) in [6.45, 7) is 13.5. The van der Waals surface area contributed by atoms with Gasteiger partial charge in [-0.25, -0.2) is 4.79 Å². The molecule has 0 bridgehead atoms. The van der Waals surface area contributed by atoms with Crippen molar-refractivity contribution in [2.75, 3.05) is 41.5 Å². The summed E-state index contributed by atoms with van der Waals surface area (Å²) in [6, 6.07) is 7.42. The predicted molar refractivity (Wildman–Crippen MR) is 245 cm³/mol. The first-order valence-electron chi connectivity index (χ1n) is 23.1. The van der Waals surface area contributed by atoms with Crippen molar-refractivity contribution in [3.63, 3.8) is 0 Å². The molecule has 1 aromatic carbocycles. The van der Waals surface area contributed by atoms with Crippen molar-refractivity contribution < 1.29 is 52.6 Å². The molecule has 16 nitrogen and oxygen atoms in total.